The van der Waals surface area contributed by atoms with Gasteiger partial charge >= 0.3 is 5.97 Å². The zero-order valence-corrected chi connectivity index (χ0v) is 13.0. The van der Waals surface area contributed by atoms with Crippen LogP contribution in [0.3, 0.4) is 0 Å². The van der Waals surface area contributed by atoms with Crippen LogP contribution in [0.5, 0.6) is 0 Å². The summed E-state index contributed by atoms with van der Waals surface area (Å²) in [5.41, 5.74) is 0.0187. The number of carboxylic acid groups (broad SMARTS) is 1. The number of hydrogen-bond acceptors (Lipinski definition) is 5. The zero-order chi connectivity index (χ0) is 14.6. The minimum atomic E-state index is -1.05. The number of nitrogens with zero attached hydrogens (tertiary/aromatic N) is 1. The summed E-state index contributed by atoms with van der Waals surface area (Å²) in [7, 11) is 0. The molecule has 0 spiro atoms. The topological polar surface area (TPSA) is 79.3 Å². The van der Waals surface area contributed by atoms with E-state index in [-0.39, 0.29) is 22.4 Å². The van der Waals surface area contributed by atoms with Crippen molar-refractivity contribution in [3.8, 4) is 0 Å². The third-order valence-electron chi connectivity index (χ3n) is 2.13. The van der Waals surface area contributed by atoms with Crippen molar-refractivity contribution in [2.75, 3.05) is 5.75 Å². The average molecular weight is 302 g/mol. The molecule has 7 heteroatoms. The van der Waals surface area contributed by atoms with Gasteiger partial charge in [-0.2, -0.15) is 0 Å². The van der Waals surface area contributed by atoms with Crippen LogP contribution in [0.1, 0.15) is 49.2 Å². The summed E-state index contributed by atoms with van der Waals surface area (Å²) in [5.74, 6) is -0.742. The van der Waals surface area contributed by atoms with Crippen molar-refractivity contribution in [2.24, 2.45) is 0 Å². The van der Waals surface area contributed by atoms with E-state index in [2.05, 4.69) is 10.3 Å². The summed E-state index contributed by atoms with van der Waals surface area (Å²) in [6, 6.07) is -0.272. The standard InChI is InChI=1S/C12H18N2O3S2/c1-7(10-14-8(5-18-10)11(16)17)13-9(15)6-19-12(2,3)4/h5,7H,6H2,1-4H3,(H,13,15)(H,16,17). The fourth-order valence-corrected chi connectivity index (χ4v) is 2.66. The lowest BCUT2D eigenvalue weighted by molar-refractivity contribution is -0.119. The molecule has 0 aliphatic carbocycles. The molecular formula is C12H18N2O3S2. The highest BCUT2D eigenvalue weighted by molar-refractivity contribution is 8.01. The van der Waals surface area contributed by atoms with E-state index in [4.69, 9.17) is 5.11 Å². The minimum absolute atomic E-state index is 0.0187. The van der Waals surface area contributed by atoms with Crippen LogP contribution in [-0.2, 0) is 4.79 Å². The molecule has 0 fully saturated rings. The number of amides is 1. The Kier molecular flexibility index (Phi) is 5.37. The molecule has 0 saturated carbocycles. The lowest BCUT2D eigenvalue weighted by Gasteiger charge is -2.18. The maximum absolute atomic E-state index is 11.7. The second-order valence-corrected chi connectivity index (χ2v) is 7.76. The summed E-state index contributed by atoms with van der Waals surface area (Å²) in [6.07, 6.45) is 0. The van der Waals surface area contributed by atoms with Crippen LogP contribution in [-0.4, -0.2) is 32.5 Å². The Morgan fingerprint density at radius 2 is 2.16 bits per heavy atom. The van der Waals surface area contributed by atoms with E-state index in [0.717, 1.165) is 0 Å². The van der Waals surface area contributed by atoms with Gasteiger partial charge in [0.2, 0.25) is 5.91 Å². The lowest BCUT2D eigenvalue weighted by atomic mass is 10.3. The smallest absolute Gasteiger partial charge is 0.355 e. The van der Waals surface area contributed by atoms with E-state index in [9.17, 15) is 9.59 Å². The third-order valence-corrected chi connectivity index (χ3v) is 4.43. The highest BCUT2D eigenvalue weighted by Crippen LogP contribution is 2.23. The minimum Gasteiger partial charge on any atom is -0.476 e. The summed E-state index contributed by atoms with van der Waals surface area (Å²) in [6.45, 7) is 7.95. The summed E-state index contributed by atoms with van der Waals surface area (Å²) in [5, 5.41) is 13.7. The van der Waals surface area contributed by atoms with E-state index < -0.39 is 5.97 Å². The van der Waals surface area contributed by atoms with E-state index in [0.29, 0.717) is 10.8 Å². The zero-order valence-electron chi connectivity index (χ0n) is 11.4. The van der Waals surface area contributed by atoms with Gasteiger partial charge in [0, 0.05) is 10.1 Å². The molecule has 1 unspecified atom stereocenters. The molecular weight excluding hydrogens is 284 g/mol. The molecule has 1 rings (SSSR count). The highest BCUT2D eigenvalue weighted by Gasteiger charge is 2.18. The Morgan fingerprint density at radius 1 is 1.53 bits per heavy atom. The second-order valence-electron chi connectivity index (χ2n) is 5.07. The molecule has 0 aromatic carbocycles. The molecule has 0 bridgehead atoms. The third kappa shape index (κ3) is 5.61. The van der Waals surface area contributed by atoms with Crippen LogP contribution in [0.15, 0.2) is 5.38 Å². The van der Waals surface area contributed by atoms with Gasteiger partial charge in [-0.3, -0.25) is 4.79 Å². The van der Waals surface area contributed by atoms with Crippen LogP contribution in [0, 0.1) is 0 Å². The highest BCUT2D eigenvalue weighted by atomic mass is 32.2. The molecule has 1 amide bonds. The number of thiazole rings is 1. The van der Waals surface area contributed by atoms with Crippen LogP contribution in [0.4, 0.5) is 0 Å². The maximum Gasteiger partial charge on any atom is 0.355 e. The van der Waals surface area contributed by atoms with Gasteiger partial charge < -0.3 is 10.4 Å². The first-order chi connectivity index (χ1) is 8.69. The number of rotatable bonds is 5. The quantitative estimate of drug-likeness (QED) is 0.874. The second kappa shape index (κ2) is 6.38. The molecule has 0 aliphatic heterocycles. The Bertz CT molecular complexity index is 466. The average Bonchev–Trinajstić information content (AvgIpc) is 2.74. The Balaban J connectivity index is 2.51. The number of thioether (sulfide) groups is 1. The Hall–Kier alpha value is -1.08. The number of aromatic nitrogens is 1. The predicted octanol–water partition coefficient (Wildman–Crippen LogP) is 2.55. The van der Waals surface area contributed by atoms with Gasteiger partial charge in [0.25, 0.3) is 0 Å². The summed E-state index contributed by atoms with van der Waals surface area (Å²) >= 11 is 2.80. The number of aromatic carboxylic acids is 1. The van der Waals surface area contributed by atoms with Gasteiger partial charge in [0.1, 0.15) is 5.01 Å². The van der Waals surface area contributed by atoms with Crippen molar-refractivity contribution in [3.05, 3.63) is 16.1 Å². The van der Waals surface area contributed by atoms with Gasteiger partial charge in [-0.25, -0.2) is 9.78 Å². The number of hydrogen-bond donors (Lipinski definition) is 2. The monoisotopic (exact) mass is 302 g/mol. The SMILES string of the molecule is CC(NC(=O)CSC(C)(C)C)c1nc(C(=O)O)cs1. The molecule has 1 atom stereocenters. The number of carbonyl (C=O) groups is 2. The molecule has 1 aromatic heterocycles. The molecule has 1 aromatic rings. The first kappa shape index (κ1) is 16.0. The van der Waals surface area contributed by atoms with Gasteiger partial charge in [0.15, 0.2) is 5.69 Å². The van der Waals surface area contributed by atoms with Crippen molar-refractivity contribution in [1.82, 2.24) is 10.3 Å². The van der Waals surface area contributed by atoms with Gasteiger partial charge in [-0.15, -0.1) is 23.1 Å². The Morgan fingerprint density at radius 3 is 2.63 bits per heavy atom. The fourth-order valence-electron chi connectivity index (χ4n) is 1.21. The van der Waals surface area contributed by atoms with Crippen LogP contribution in [0.25, 0.3) is 0 Å². The molecule has 5 nitrogen and oxygen atoms in total. The van der Waals surface area contributed by atoms with E-state index in [1.54, 1.807) is 18.7 Å². The van der Waals surface area contributed by atoms with E-state index in [1.165, 1.54) is 16.7 Å². The lowest BCUT2D eigenvalue weighted by Crippen LogP contribution is -2.29. The van der Waals surface area contributed by atoms with Crippen LogP contribution < -0.4 is 5.32 Å². The normalized spacial score (nSPS) is 13.1. The maximum atomic E-state index is 11.7. The first-order valence-corrected chi connectivity index (χ1v) is 7.67. The summed E-state index contributed by atoms with van der Waals surface area (Å²) in [4.78, 5) is 26.4. The molecule has 0 aliphatic rings. The van der Waals surface area contributed by atoms with Crippen LogP contribution in [0.2, 0.25) is 0 Å². The number of carboxylic acids is 1. The van der Waals surface area contributed by atoms with Gasteiger partial charge in [-0.1, -0.05) is 20.8 Å². The van der Waals surface area contributed by atoms with Crippen molar-refractivity contribution in [3.63, 3.8) is 0 Å². The van der Waals surface area contributed by atoms with Crippen molar-refractivity contribution < 1.29 is 14.7 Å². The van der Waals surface area contributed by atoms with E-state index in [1.807, 2.05) is 20.8 Å². The van der Waals surface area contributed by atoms with Crippen molar-refractivity contribution >= 4 is 35.0 Å². The molecule has 106 valence electrons. The fraction of sp³-hybridized carbons (Fsp3) is 0.583. The predicted molar refractivity (Wildman–Crippen MR) is 77.8 cm³/mol. The Labute approximate surface area is 120 Å². The first-order valence-electron chi connectivity index (χ1n) is 5.81. The summed E-state index contributed by atoms with van der Waals surface area (Å²) < 4.78 is 0.0399. The molecule has 2 N–H and O–H groups in total. The molecule has 0 radical (unpaired) electrons. The molecule has 0 saturated heterocycles. The largest absolute Gasteiger partial charge is 0.476 e. The molecule has 1 heterocycles. The van der Waals surface area contributed by atoms with Crippen LogP contribution >= 0.6 is 23.1 Å². The molecule has 19 heavy (non-hydrogen) atoms. The van der Waals surface area contributed by atoms with Gasteiger partial charge in [0.05, 0.1) is 11.8 Å². The van der Waals surface area contributed by atoms with E-state index >= 15 is 0 Å². The van der Waals surface area contributed by atoms with Crippen molar-refractivity contribution in [1.29, 1.82) is 0 Å². The van der Waals surface area contributed by atoms with Gasteiger partial charge in [-0.05, 0) is 6.92 Å². The van der Waals surface area contributed by atoms with Crippen molar-refractivity contribution in [2.45, 2.75) is 38.5 Å². The number of carbonyl (C=O) groups excluding carboxylic acids is 1. The number of nitrogens with one attached hydrogen (secondary N) is 1.